The Hall–Kier alpha value is -2.29. The van der Waals surface area contributed by atoms with Crippen LogP contribution in [0.1, 0.15) is 49.5 Å². The highest BCUT2D eigenvalue weighted by Gasteiger charge is 2.28. The van der Waals surface area contributed by atoms with Gasteiger partial charge < -0.3 is 19.3 Å². The largest absolute Gasteiger partial charge is 0.444 e. The first kappa shape index (κ1) is 25.0. The normalized spacial score (nSPS) is 17.4. The highest BCUT2D eigenvalue weighted by atomic mass is 19.4. The van der Waals surface area contributed by atoms with Gasteiger partial charge in [0.15, 0.2) is 0 Å². The quantitative estimate of drug-likeness (QED) is 0.649. The van der Waals surface area contributed by atoms with Crippen molar-refractivity contribution in [2.45, 2.75) is 52.0 Å². The summed E-state index contributed by atoms with van der Waals surface area (Å²) in [6.07, 6.45) is -3.01. The summed E-state index contributed by atoms with van der Waals surface area (Å²) < 4.78 is 46.5. The first-order valence-electron chi connectivity index (χ1n) is 10.3. The molecule has 31 heavy (non-hydrogen) atoms. The minimum atomic E-state index is -4.36. The zero-order valence-electron chi connectivity index (χ0n) is 18.5. The molecule has 0 aliphatic carbocycles. The van der Waals surface area contributed by atoms with E-state index in [4.69, 9.17) is 4.74 Å². The predicted octanol–water partition coefficient (Wildman–Crippen LogP) is 4.48. The van der Waals surface area contributed by atoms with Gasteiger partial charge in [-0.15, -0.1) is 0 Å². The van der Waals surface area contributed by atoms with Crippen LogP contribution in [0.25, 0.3) is 0 Å². The molecule has 174 valence electrons. The van der Waals surface area contributed by atoms with Crippen molar-refractivity contribution >= 4 is 12.0 Å². The highest BCUT2D eigenvalue weighted by molar-refractivity contribution is 5.94. The number of piperidine rings is 1. The molecular formula is C22H31F3N2O4. The van der Waals surface area contributed by atoms with E-state index in [-0.39, 0.29) is 24.5 Å². The Morgan fingerprint density at radius 1 is 1.16 bits per heavy atom. The van der Waals surface area contributed by atoms with Crippen LogP contribution in [0.5, 0.6) is 0 Å². The molecule has 0 radical (unpaired) electrons. The summed E-state index contributed by atoms with van der Waals surface area (Å²) in [5.74, 6) is 0.0117. The van der Waals surface area contributed by atoms with Gasteiger partial charge in [0.05, 0.1) is 6.61 Å². The molecule has 1 saturated heterocycles. The molecule has 1 aromatic rings. The minimum absolute atomic E-state index is 0.132. The smallest absolute Gasteiger partial charge is 0.411 e. The molecule has 1 aromatic carbocycles. The number of ether oxygens (including phenoxy) is 2. The molecule has 0 aromatic heterocycles. The van der Waals surface area contributed by atoms with Gasteiger partial charge in [0.2, 0.25) is 0 Å². The maximum absolute atomic E-state index is 12.9. The zero-order valence-corrected chi connectivity index (χ0v) is 18.5. The average Bonchev–Trinajstić information content (AvgIpc) is 2.66. The van der Waals surface area contributed by atoms with Gasteiger partial charge in [-0.05, 0) is 57.2 Å². The molecule has 1 unspecified atom stereocenters. The van der Waals surface area contributed by atoms with Crippen LogP contribution in [0.15, 0.2) is 24.3 Å². The lowest BCUT2D eigenvalue weighted by molar-refractivity contribution is -0.176. The third-order valence-corrected chi connectivity index (χ3v) is 4.78. The summed E-state index contributed by atoms with van der Waals surface area (Å²) in [6.45, 7) is 5.62. The van der Waals surface area contributed by atoms with Gasteiger partial charge in [-0.3, -0.25) is 4.79 Å². The zero-order chi connectivity index (χ0) is 23.2. The summed E-state index contributed by atoms with van der Waals surface area (Å²) in [5, 5.41) is 0. The fraction of sp³-hybridized carbons (Fsp3) is 0.636. The van der Waals surface area contributed by atoms with Crippen LogP contribution >= 0.6 is 0 Å². The second-order valence-corrected chi connectivity index (χ2v) is 8.93. The van der Waals surface area contributed by atoms with E-state index in [0.717, 1.165) is 12.8 Å². The van der Waals surface area contributed by atoms with Gasteiger partial charge in [-0.25, -0.2) is 4.79 Å². The average molecular weight is 444 g/mol. The van der Waals surface area contributed by atoms with Crippen LogP contribution in [-0.2, 0) is 16.1 Å². The first-order chi connectivity index (χ1) is 14.3. The number of rotatable bonds is 6. The maximum atomic E-state index is 12.9. The monoisotopic (exact) mass is 444 g/mol. The van der Waals surface area contributed by atoms with E-state index in [0.29, 0.717) is 30.8 Å². The number of amides is 2. The summed E-state index contributed by atoms with van der Waals surface area (Å²) in [5.41, 5.74) is 0.473. The summed E-state index contributed by atoms with van der Waals surface area (Å²) >= 11 is 0. The van der Waals surface area contributed by atoms with E-state index < -0.39 is 18.4 Å². The topological polar surface area (TPSA) is 59.1 Å². The first-order valence-corrected chi connectivity index (χ1v) is 10.3. The number of nitrogens with zero attached hydrogens (tertiary/aromatic N) is 2. The van der Waals surface area contributed by atoms with Crippen molar-refractivity contribution in [1.29, 1.82) is 0 Å². The molecule has 2 rings (SSSR count). The van der Waals surface area contributed by atoms with E-state index in [9.17, 15) is 22.8 Å². The van der Waals surface area contributed by atoms with Crippen LogP contribution in [0.2, 0.25) is 0 Å². The minimum Gasteiger partial charge on any atom is -0.444 e. The van der Waals surface area contributed by atoms with Crippen LogP contribution < -0.4 is 0 Å². The van der Waals surface area contributed by atoms with Crippen molar-refractivity contribution in [3.05, 3.63) is 35.4 Å². The Balaban J connectivity index is 1.88. The molecule has 0 N–H and O–H groups in total. The molecule has 1 aliphatic heterocycles. The number of benzene rings is 1. The van der Waals surface area contributed by atoms with E-state index in [2.05, 4.69) is 4.74 Å². The van der Waals surface area contributed by atoms with Gasteiger partial charge in [0.1, 0.15) is 12.2 Å². The molecule has 9 heteroatoms. The number of carbonyl (C=O) groups is 2. The Labute approximate surface area is 181 Å². The standard InChI is InChI=1S/C22H31F3N2O4/c1-21(2,3)31-20(29)26(4)12-17-6-5-11-27(13-17)19(28)18-9-7-16(8-10-18)14-30-15-22(23,24)25/h7-10,17H,5-6,11-15H2,1-4H3. The number of alkyl halides is 3. The van der Waals surface area contributed by atoms with Gasteiger partial charge in [0, 0.05) is 32.2 Å². The van der Waals surface area contributed by atoms with Crippen LogP contribution in [0, 0.1) is 5.92 Å². The molecule has 0 bridgehead atoms. The molecule has 1 aliphatic rings. The lowest BCUT2D eigenvalue weighted by Gasteiger charge is -2.35. The number of carbonyl (C=O) groups excluding carboxylic acids is 2. The van der Waals surface area contributed by atoms with E-state index in [1.54, 1.807) is 41.1 Å². The summed E-state index contributed by atoms with van der Waals surface area (Å²) in [7, 11) is 1.69. The predicted molar refractivity (Wildman–Crippen MR) is 110 cm³/mol. The molecule has 1 heterocycles. The Bertz CT molecular complexity index is 745. The molecule has 1 atom stereocenters. The van der Waals surface area contributed by atoms with Gasteiger partial charge in [-0.2, -0.15) is 13.2 Å². The lowest BCUT2D eigenvalue weighted by Crippen LogP contribution is -2.45. The van der Waals surface area contributed by atoms with E-state index >= 15 is 0 Å². The number of halogens is 3. The molecule has 2 amide bonds. The van der Waals surface area contributed by atoms with Gasteiger partial charge in [0.25, 0.3) is 5.91 Å². The van der Waals surface area contributed by atoms with Crippen molar-refractivity contribution in [3.8, 4) is 0 Å². The number of likely N-dealkylation sites (tertiary alicyclic amines) is 1. The molecule has 6 nitrogen and oxygen atoms in total. The highest BCUT2D eigenvalue weighted by Crippen LogP contribution is 2.21. The van der Waals surface area contributed by atoms with Crippen molar-refractivity contribution in [2.24, 2.45) is 5.92 Å². The van der Waals surface area contributed by atoms with E-state index in [1.807, 2.05) is 20.8 Å². The second kappa shape index (κ2) is 10.3. The number of hydrogen-bond acceptors (Lipinski definition) is 4. The van der Waals surface area contributed by atoms with Gasteiger partial charge in [-0.1, -0.05) is 12.1 Å². The van der Waals surface area contributed by atoms with Crippen LogP contribution in [0.3, 0.4) is 0 Å². The van der Waals surface area contributed by atoms with Crippen LogP contribution in [0.4, 0.5) is 18.0 Å². The molecular weight excluding hydrogens is 413 g/mol. The third kappa shape index (κ3) is 8.77. The number of hydrogen-bond donors (Lipinski definition) is 0. The van der Waals surface area contributed by atoms with Crippen molar-refractivity contribution < 1.29 is 32.2 Å². The Morgan fingerprint density at radius 3 is 2.39 bits per heavy atom. The summed E-state index contributed by atoms with van der Waals surface area (Å²) in [6, 6.07) is 6.40. The molecule has 1 fully saturated rings. The second-order valence-electron chi connectivity index (χ2n) is 8.93. The SMILES string of the molecule is CN(CC1CCCN(C(=O)c2ccc(COCC(F)(F)F)cc2)C1)C(=O)OC(C)(C)C. The molecule has 0 spiro atoms. The Morgan fingerprint density at radius 2 is 1.81 bits per heavy atom. The van der Waals surface area contributed by atoms with Crippen molar-refractivity contribution in [3.63, 3.8) is 0 Å². The lowest BCUT2D eigenvalue weighted by atomic mass is 9.97. The molecule has 0 saturated carbocycles. The third-order valence-electron chi connectivity index (χ3n) is 4.78. The fourth-order valence-corrected chi connectivity index (χ4v) is 3.41. The van der Waals surface area contributed by atoms with Crippen LogP contribution in [-0.4, -0.2) is 66.9 Å². The van der Waals surface area contributed by atoms with Crippen molar-refractivity contribution in [2.75, 3.05) is 33.3 Å². The van der Waals surface area contributed by atoms with Gasteiger partial charge >= 0.3 is 12.3 Å². The van der Waals surface area contributed by atoms with E-state index in [1.165, 1.54) is 0 Å². The maximum Gasteiger partial charge on any atom is 0.411 e. The van der Waals surface area contributed by atoms with Crippen molar-refractivity contribution in [1.82, 2.24) is 9.80 Å². The fourth-order valence-electron chi connectivity index (χ4n) is 3.41. The Kier molecular flexibility index (Phi) is 8.34. The summed E-state index contributed by atoms with van der Waals surface area (Å²) in [4.78, 5) is 28.3.